The summed E-state index contributed by atoms with van der Waals surface area (Å²) in [4.78, 5) is 32.5. The van der Waals surface area contributed by atoms with Crippen molar-refractivity contribution in [2.24, 2.45) is 0 Å². The zero-order chi connectivity index (χ0) is 17.6. The molecule has 132 valence electrons. The Hall–Kier alpha value is -1.32. The SMILES string of the molecule is CCS[C@]1(CO)O[C@H](COC(C)=O)[C@@H](OC(C)=O)[C@@H]1OC(C)=O. The molecule has 0 aliphatic carbocycles. The molecule has 0 saturated carbocycles. The second kappa shape index (κ2) is 8.51. The summed E-state index contributed by atoms with van der Waals surface area (Å²) in [6.45, 7) is 4.85. The third kappa shape index (κ3) is 5.08. The fourth-order valence-corrected chi connectivity index (χ4v) is 3.48. The summed E-state index contributed by atoms with van der Waals surface area (Å²) in [5.74, 6) is -1.16. The van der Waals surface area contributed by atoms with Crippen molar-refractivity contribution >= 4 is 29.7 Å². The van der Waals surface area contributed by atoms with Crippen LogP contribution in [0.3, 0.4) is 0 Å². The third-order valence-electron chi connectivity index (χ3n) is 3.10. The molecule has 0 aromatic carbocycles. The second-order valence-corrected chi connectivity index (χ2v) is 6.52. The summed E-state index contributed by atoms with van der Waals surface area (Å²) in [5, 5.41) is 9.79. The lowest BCUT2D eigenvalue weighted by Gasteiger charge is -2.31. The van der Waals surface area contributed by atoms with Gasteiger partial charge in [0.05, 0.1) is 6.61 Å². The summed E-state index contributed by atoms with van der Waals surface area (Å²) in [6.07, 6.45) is -2.85. The highest BCUT2D eigenvalue weighted by Gasteiger charge is 2.59. The van der Waals surface area contributed by atoms with Crippen LogP contribution in [0.1, 0.15) is 27.7 Å². The molecule has 0 radical (unpaired) electrons. The van der Waals surface area contributed by atoms with E-state index in [0.717, 1.165) is 0 Å². The van der Waals surface area contributed by atoms with Gasteiger partial charge in [-0.15, -0.1) is 11.8 Å². The van der Waals surface area contributed by atoms with Crippen LogP contribution in [0.5, 0.6) is 0 Å². The van der Waals surface area contributed by atoms with Gasteiger partial charge in [-0.05, 0) is 5.75 Å². The topological polar surface area (TPSA) is 108 Å². The molecule has 0 aromatic heterocycles. The first-order chi connectivity index (χ1) is 10.8. The average molecular weight is 350 g/mol. The molecule has 1 saturated heterocycles. The van der Waals surface area contributed by atoms with Crippen molar-refractivity contribution in [1.29, 1.82) is 0 Å². The Bertz CT molecular complexity index is 454. The van der Waals surface area contributed by atoms with Crippen LogP contribution in [0.2, 0.25) is 0 Å². The van der Waals surface area contributed by atoms with Crippen molar-refractivity contribution in [2.45, 2.75) is 50.9 Å². The Labute approximate surface area is 138 Å². The Morgan fingerprint density at radius 3 is 2.17 bits per heavy atom. The minimum Gasteiger partial charge on any atom is -0.463 e. The first-order valence-electron chi connectivity index (χ1n) is 7.16. The summed E-state index contributed by atoms with van der Waals surface area (Å²) in [7, 11) is 0. The minimum atomic E-state index is -1.29. The molecule has 0 bridgehead atoms. The van der Waals surface area contributed by atoms with E-state index >= 15 is 0 Å². The zero-order valence-corrected chi connectivity index (χ0v) is 14.4. The van der Waals surface area contributed by atoms with Crippen molar-refractivity contribution in [3.63, 3.8) is 0 Å². The Kier molecular flexibility index (Phi) is 7.30. The molecule has 1 fully saturated rings. The van der Waals surface area contributed by atoms with E-state index in [2.05, 4.69) is 0 Å². The fourth-order valence-electron chi connectivity index (χ4n) is 2.36. The van der Waals surface area contributed by atoms with E-state index in [9.17, 15) is 19.5 Å². The maximum Gasteiger partial charge on any atom is 0.303 e. The number of ether oxygens (including phenoxy) is 4. The number of thioether (sulfide) groups is 1. The molecule has 0 aromatic rings. The van der Waals surface area contributed by atoms with Crippen molar-refractivity contribution < 1.29 is 38.4 Å². The second-order valence-electron chi connectivity index (χ2n) is 4.97. The summed E-state index contributed by atoms with van der Waals surface area (Å²) in [5.41, 5.74) is 0. The molecular formula is C14H22O8S. The van der Waals surface area contributed by atoms with Crippen molar-refractivity contribution in [3.8, 4) is 0 Å². The first-order valence-corrected chi connectivity index (χ1v) is 8.14. The zero-order valence-electron chi connectivity index (χ0n) is 13.6. The molecule has 1 aliphatic rings. The lowest BCUT2D eigenvalue weighted by molar-refractivity contribution is -0.166. The summed E-state index contributed by atoms with van der Waals surface area (Å²) >= 11 is 1.22. The average Bonchev–Trinajstić information content (AvgIpc) is 2.71. The van der Waals surface area contributed by atoms with Crippen LogP contribution < -0.4 is 0 Å². The standard InChI is InChI=1S/C14H22O8S/c1-5-23-14(7-15)13(21-10(4)18)12(20-9(3)17)11(22-14)6-19-8(2)16/h11-13,15H,5-7H2,1-4H3/t11-,12-,13+,14+/m1/s1. The van der Waals surface area contributed by atoms with Crippen LogP contribution in [0.15, 0.2) is 0 Å². The molecule has 9 heteroatoms. The van der Waals surface area contributed by atoms with Crippen LogP contribution in [0, 0.1) is 0 Å². The highest BCUT2D eigenvalue weighted by atomic mass is 32.2. The third-order valence-corrected chi connectivity index (χ3v) is 4.34. The summed E-state index contributed by atoms with van der Waals surface area (Å²) < 4.78 is 21.2. The predicted octanol–water partition coefficient (Wildman–Crippen LogP) is 0.253. The Morgan fingerprint density at radius 1 is 1.13 bits per heavy atom. The van der Waals surface area contributed by atoms with Crippen LogP contribution in [0.4, 0.5) is 0 Å². The van der Waals surface area contributed by atoms with Gasteiger partial charge in [-0.3, -0.25) is 14.4 Å². The smallest absolute Gasteiger partial charge is 0.303 e. The maximum atomic E-state index is 11.4. The number of esters is 3. The van der Waals surface area contributed by atoms with Crippen LogP contribution in [-0.4, -0.2) is 65.2 Å². The fraction of sp³-hybridized carbons (Fsp3) is 0.786. The van der Waals surface area contributed by atoms with Crippen molar-refractivity contribution in [2.75, 3.05) is 19.0 Å². The van der Waals surface area contributed by atoms with E-state index < -0.39 is 47.8 Å². The Morgan fingerprint density at radius 2 is 1.74 bits per heavy atom. The quantitative estimate of drug-likeness (QED) is 0.510. The van der Waals surface area contributed by atoms with Gasteiger partial charge in [-0.1, -0.05) is 6.92 Å². The van der Waals surface area contributed by atoms with E-state index in [4.69, 9.17) is 18.9 Å². The number of carbonyl (C=O) groups is 3. The molecule has 4 atom stereocenters. The number of aliphatic hydroxyl groups is 1. The molecule has 1 heterocycles. The van der Waals surface area contributed by atoms with E-state index in [1.165, 1.54) is 32.5 Å². The van der Waals surface area contributed by atoms with Gasteiger partial charge in [-0.2, -0.15) is 0 Å². The molecule has 0 spiro atoms. The highest BCUT2D eigenvalue weighted by molar-refractivity contribution is 8.00. The molecule has 0 amide bonds. The van der Waals surface area contributed by atoms with E-state index in [1.54, 1.807) is 0 Å². The van der Waals surface area contributed by atoms with Crippen molar-refractivity contribution in [1.82, 2.24) is 0 Å². The van der Waals surface area contributed by atoms with E-state index in [1.807, 2.05) is 6.92 Å². The van der Waals surface area contributed by atoms with Crippen molar-refractivity contribution in [3.05, 3.63) is 0 Å². The molecule has 23 heavy (non-hydrogen) atoms. The van der Waals surface area contributed by atoms with Gasteiger partial charge < -0.3 is 24.1 Å². The highest BCUT2D eigenvalue weighted by Crippen LogP contribution is 2.43. The van der Waals surface area contributed by atoms with Gasteiger partial charge in [0.25, 0.3) is 0 Å². The van der Waals surface area contributed by atoms with Gasteiger partial charge in [0, 0.05) is 20.8 Å². The number of hydrogen-bond donors (Lipinski definition) is 1. The lowest BCUT2D eigenvalue weighted by Crippen LogP contribution is -2.47. The monoisotopic (exact) mass is 350 g/mol. The van der Waals surface area contributed by atoms with Gasteiger partial charge in [0.2, 0.25) is 0 Å². The molecule has 1 N–H and O–H groups in total. The van der Waals surface area contributed by atoms with E-state index in [-0.39, 0.29) is 6.61 Å². The first kappa shape index (κ1) is 19.7. The Balaban J connectivity index is 3.12. The molecule has 0 unspecified atom stereocenters. The molecule has 8 nitrogen and oxygen atoms in total. The minimum absolute atomic E-state index is 0.183. The number of aliphatic hydroxyl groups excluding tert-OH is 1. The number of carbonyl (C=O) groups excluding carboxylic acids is 3. The largest absolute Gasteiger partial charge is 0.463 e. The van der Waals surface area contributed by atoms with Gasteiger partial charge in [0.15, 0.2) is 17.1 Å². The maximum absolute atomic E-state index is 11.4. The van der Waals surface area contributed by atoms with Crippen LogP contribution in [-0.2, 0) is 33.3 Å². The van der Waals surface area contributed by atoms with E-state index in [0.29, 0.717) is 5.75 Å². The van der Waals surface area contributed by atoms with Crippen LogP contribution in [0.25, 0.3) is 0 Å². The van der Waals surface area contributed by atoms with Gasteiger partial charge in [0.1, 0.15) is 12.7 Å². The molecule has 1 rings (SSSR count). The predicted molar refractivity (Wildman–Crippen MR) is 80.6 cm³/mol. The van der Waals surface area contributed by atoms with Gasteiger partial charge in [-0.25, -0.2) is 0 Å². The molecular weight excluding hydrogens is 328 g/mol. The lowest BCUT2D eigenvalue weighted by atomic mass is 10.1. The summed E-state index contributed by atoms with van der Waals surface area (Å²) in [6, 6.07) is 0. The normalized spacial score (nSPS) is 29.9. The van der Waals surface area contributed by atoms with Gasteiger partial charge >= 0.3 is 17.9 Å². The number of rotatable bonds is 7. The number of hydrogen-bond acceptors (Lipinski definition) is 9. The van der Waals surface area contributed by atoms with Crippen LogP contribution >= 0.6 is 11.8 Å². The molecule has 1 aliphatic heterocycles.